The first-order valence-corrected chi connectivity index (χ1v) is 9.44. The zero-order valence-electron chi connectivity index (χ0n) is 13.5. The van der Waals surface area contributed by atoms with E-state index in [1.54, 1.807) is 0 Å². The summed E-state index contributed by atoms with van der Waals surface area (Å²) in [5.41, 5.74) is 1.09. The molecule has 1 unspecified atom stereocenters. The fourth-order valence-electron chi connectivity index (χ4n) is 2.93. The number of morpholine rings is 1. The highest BCUT2D eigenvalue weighted by atomic mass is 32.2. The monoisotopic (exact) mass is 342 g/mol. The van der Waals surface area contributed by atoms with Gasteiger partial charge in [-0.2, -0.15) is 4.31 Å². The van der Waals surface area contributed by atoms with E-state index in [1.165, 1.54) is 10.6 Å². The van der Waals surface area contributed by atoms with Gasteiger partial charge in [0, 0.05) is 25.3 Å². The summed E-state index contributed by atoms with van der Waals surface area (Å²) in [4.78, 5) is 19.7. The van der Waals surface area contributed by atoms with E-state index in [4.69, 9.17) is 4.74 Å². The largest absolute Gasteiger partial charge is 0.368 e. The van der Waals surface area contributed by atoms with Crippen LogP contribution < -0.4 is 5.32 Å². The summed E-state index contributed by atoms with van der Waals surface area (Å²) in [6.45, 7) is 5.59. The maximum absolute atomic E-state index is 12.2. The number of amides is 1. The topological polar surface area (TPSA) is 104 Å². The second-order valence-electron chi connectivity index (χ2n) is 6.95. The number of aromatic nitrogens is 2. The van der Waals surface area contributed by atoms with Gasteiger partial charge in [0.15, 0.2) is 0 Å². The first-order chi connectivity index (χ1) is 10.7. The number of nitrogens with one attached hydrogen (secondary N) is 2. The van der Waals surface area contributed by atoms with Crippen molar-refractivity contribution in [2.75, 3.05) is 32.5 Å². The lowest BCUT2D eigenvalue weighted by molar-refractivity contribution is -0.00698. The van der Waals surface area contributed by atoms with Crippen LogP contribution in [0.1, 0.15) is 42.0 Å². The molecule has 0 aliphatic carbocycles. The maximum Gasteiger partial charge on any atom is 0.271 e. The van der Waals surface area contributed by atoms with Gasteiger partial charge in [-0.15, -0.1) is 0 Å². The van der Waals surface area contributed by atoms with E-state index in [1.807, 2.05) is 0 Å². The van der Waals surface area contributed by atoms with Gasteiger partial charge >= 0.3 is 0 Å². The number of hydrogen-bond donors (Lipinski definition) is 2. The molecule has 1 saturated heterocycles. The van der Waals surface area contributed by atoms with Crippen molar-refractivity contribution in [3.8, 4) is 0 Å². The Bertz CT molecular complexity index is 725. The summed E-state index contributed by atoms with van der Waals surface area (Å²) in [6, 6.07) is 0. The van der Waals surface area contributed by atoms with Crippen molar-refractivity contribution in [3.05, 3.63) is 17.2 Å². The lowest BCUT2D eigenvalue weighted by atomic mass is 9.88. The maximum atomic E-state index is 12.2. The molecule has 3 heterocycles. The molecule has 23 heavy (non-hydrogen) atoms. The van der Waals surface area contributed by atoms with E-state index < -0.39 is 16.1 Å². The minimum Gasteiger partial charge on any atom is -0.368 e. The molecule has 2 aliphatic heterocycles. The molecule has 0 saturated carbocycles. The first-order valence-electron chi connectivity index (χ1n) is 7.59. The number of nitrogens with zero attached hydrogens (tertiary/aromatic N) is 2. The van der Waals surface area contributed by atoms with Gasteiger partial charge in [-0.25, -0.2) is 13.4 Å². The van der Waals surface area contributed by atoms with Crippen LogP contribution in [0.25, 0.3) is 0 Å². The van der Waals surface area contributed by atoms with E-state index >= 15 is 0 Å². The summed E-state index contributed by atoms with van der Waals surface area (Å²) in [6.07, 6.45) is 1.39. The molecule has 1 fully saturated rings. The Morgan fingerprint density at radius 3 is 2.83 bits per heavy atom. The standard InChI is InChI=1S/C14H22N4O4S/c1-14(2)6-9-11(13(19)15-8-14)17-12(16-9)10-7-18(4-5-22-10)23(3,20)21/h10H,4-8H2,1-3H3,(H,15,19)(H,16,17). The number of hydrogen-bond acceptors (Lipinski definition) is 5. The van der Waals surface area contributed by atoms with Crippen LogP contribution in [0, 0.1) is 5.41 Å². The lowest BCUT2D eigenvalue weighted by Crippen LogP contribution is -2.42. The highest BCUT2D eigenvalue weighted by Crippen LogP contribution is 2.28. The highest BCUT2D eigenvalue weighted by Gasteiger charge is 2.34. The van der Waals surface area contributed by atoms with Crippen molar-refractivity contribution in [1.82, 2.24) is 19.6 Å². The van der Waals surface area contributed by atoms with Gasteiger partial charge in [-0.1, -0.05) is 13.8 Å². The number of H-pyrrole nitrogens is 1. The summed E-state index contributed by atoms with van der Waals surface area (Å²) < 4.78 is 30.5. The Morgan fingerprint density at radius 2 is 2.13 bits per heavy atom. The van der Waals surface area contributed by atoms with Gasteiger partial charge in [0.25, 0.3) is 5.91 Å². The average Bonchev–Trinajstić information content (AvgIpc) is 2.83. The summed E-state index contributed by atoms with van der Waals surface area (Å²) in [7, 11) is -3.27. The van der Waals surface area contributed by atoms with Crippen molar-refractivity contribution in [3.63, 3.8) is 0 Å². The third-order valence-electron chi connectivity index (χ3n) is 4.20. The molecule has 0 radical (unpaired) electrons. The van der Waals surface area contributed by atoms with E-state index in [0.717, 1.165) is 5.69 Å². The third-order valence-corrected chi connectivity index (χ3v) is 5.47. The van der Waals surface area contributed by atoms with Crippen molar-refractivity contribution >= 4 is 15.9 Å². The number of aromatic amines is 1. The molecule has 0 bridgehead atoms. The van der Waals surface area contributed by atoms with Crippen LogP contribution in [0.2, 0.25) is 0 Å². The Morgan fingerprint density at radius 1 is 1.39 bits per heavy atom. The number of sulfonamides is 1. The molecular formula is C14H22N4O4S. The first kappa shape index (κ1) is 16.4. The molecule has 1 amide bonds. The quantitative estimate of drug-likeness (QED) is 0.790. The number of imidazole rings is 1. The van der Waals surface area contributed by atoms with Gasteiger partial charge in [-0.3, -0.25) is 4.79 Å². The van der Waals surface area contributed by atoms with Gasteiger partial charge in [0.2, 0.25) is 10.0 Å². The lowest BCUT2D eigenvalue weighted by Gasteiger charge is -2.30. The molecule has 2 aliphatic rings. The zero-order chi connectivity index (χ0) is 16.8. The van der Waals surface area contributed by atoms with Crippen molar-refractivity contribution in [2.24, 2.45) is 5.41 Å². The van der Waals surface area contributed by atoms with Gasteiger partial charge < -0.3 is 15.0 Å². The number of ether oxygens (including phenoxy) is 1. The average molecular weight is 342 g/mol. The van der Waals surface area contributed by atoms with Gasteiger partial charge in [-0.05, 0) is 11.8 Å². The summed E-state index contributed by atoms with van der Waals surface area (Å²) in [5, 5.41) is 2.87. The molecule has 2 N–H and O–H groups in total. The van der Waals surface area contributed by atoms with Gasteiger partial charge in [0.1, 0.15) is 17.6 Å². The number of carbonyl (C=O) groups excluding carboxylic acids is 1. The molecule has 9 heteroatoms. The van der Waals surface area contributed by atoms with Crippen molar-refractivity contribution < 1.29 is 17.9 Å². The normalized spacial score (nSPS) is 25.5. The summed E-state index contributed by atoms with van der Waals surface area (Å²) in [5.74, 6) is 0.306. The molecule has 128 valence electrons. The molecule has 1 aromatic heterocycles. The van der Waals surface area contributed by atoms with E-state index in [0.29, 0.717) is 37.6 Å². The molecule has 0 aromatic carbocycles. The van der Waals surface area contributed by atoms with Gasteiger partial charge in [0.05, 0.1) is 12.9 Å². The Kier molecular flexibility index (Phi) is 3.97. The number of carbonyl (C=O) groups is 1. The highest BCUT2D eigenvalue weighted by molar-refractivity contribution is 7.88. The van der Waals surface area contributed by atoms with Crippen LogP contribution in [0.5, 0.6) is 0 Å². The van der Waals surface area contributed by atoms with E-state index in [9.17, 15) is 13.2 Å². The Balaban J connectivity index is 1.88. The Hall–Kier alpha value is -1.45. The number of rotatable bonds is 2. The SMILES string of the molecule is CC1(C)CNC(=O)c2nc(C3CN(S(C)(=O)=O)CCO3)[nH]c2C1. The van der Waals surface area contributed by atoms with Crippen molar-refractivity contribution in [1.29, 1.82) is 0 Å². The molecule has 3 rings (SSSR count). The van der Waals surface area contributed by atoms with Crippen LogP contribution in [-0.2, 0) is 21.2 Å². The van der Waals surface area contributed by atoms with Crippen LogP contribution in [0.3, 0.4) is 0 Å². The fraction of sp³-hybridized carbons (Fsp3) is 0.714. The predicted octanol–water partition coefficient (Wildman–Crippen LogP) is 0.0547. The zero-order valence-corrected chi connectivity index (χ0v) is 14.4. The van der Waals surface area contributed by atoms with E-state index in [2.05, 4.69) is 29.1 Å². The van der Waals surface area contributed by atoms with Crippen LogP contribution in [0.4, 0.5) is 0 Å². The molecule has 0 spiro atoms. The van der Waals surface area contributed by atoms with Crippen LogP contribution in [0.15, 0.2) is 0 Å². The second kappa shape index (κ2) is 5.57. The molecule has 8 nitrogen and oxygen atoms in total. The predicted molar refractivity (Wildman–Crippen MR) is 83.5 cm³/mol. The molecule has 1 aromatic rings. The second-order valence-corrected chi connectivity index (χ2v) is 8.94. The van der Waals surface area contributed by atoms with Crippen LogP contribution >= 0.6 is 0 Å². The molecule has 1 atom stereocenters. The minimum atomic E-state index is -3.27. The molecular weight excluding hydrogens is 320 g/mol. The fourth-order valence-corrected chi connectivity index (χ4v) is 3.75. The third kappa shape index (κ3) is 3.41. The van der Waals surface area contributed by atoms with Crippen molar-refractivity contribution in [2.45, 2.75) is 26.4 Å². The van der Waals surface area contributed by atoms with E-state index in [-0.39, 0.29) is 17.9 Å². The van der Waals surface area contributed by atoms with Crippen LogP contribution in [-0.4, -0.2) is 61.1 Å². The number of fused-ring (bicyclic) bond motifs is 1. The Labute approximate surface area is 135 Å². The summed E-state index contributed by atoms with van der Waals surface area (Å²) >= 11 is 0. The minimum absolute atomic E-state index is 0.0725. The smallest absolute Gasteiger partial charge is 0.271 e.